The third-order valence-corrected chi connectivity index (χ3v) is 5.57. The molecule has 0 saturated carbocycles. The van der Waals surface area contributed by atoms with Crippen molar-refractivity contribution in [2.24, 2.45) is 0 Å². The van der Waals surface area contributed by atoms with E-state index < -0.39 is 0 Å². The summed E-state index contributed by atoms with van der Waals surface area (Å²) in [6, 6.07) is 12.1. The zero-order valence-electron chi connectivity index (χ0n) is 17.5. The molecule has 1 aliphatic heterocycles. The average molecular weight is 463 g/mol. The second kappa shape index (κ2) is 9.38. The predicted octanol–water partition coefficient (Wildman–Crippen LogP) is 0.493. The van der Waals surface area contributed by atoms with Crippen LogP contribution in [0, 0.1) is 11.3 Å². The van der Waals surface area contributed by atoms with Gasteiger partial charge in [-0.15, -0.1) is 0 Å². The van der Waals surface area contributed by atoms with Gasteiger partial charge in [-0.1, -0.05) is 0 Å². The minimum absolute atomic E-state index is 0. The summed E-state index contributed by atoms with van der Waals surface area (Å²) in [5.74, 6) is 2.76. The van der Waals surface area contributed by atoms with Crippen molar-refractivity contribution in [3.63, 3.8) is 0 Å². The Morgan fingerprint density at radius 3 is 2.10 bits per heavy atom. The first-order valence-corrected chi connectivity index (χ1v) is 9.19. The Balaban J connectivity index is 0.00000300. The Bertz CT molecular complexity index is 912. The highest BCUT2D eigenvalue weighted by atomic mass is 79.9. The van der Waals surface area contributed by atoms with Crippen molar-refractivity contribution in [1.29, 1.82) is 5.26 Å². The predicted molar refractivity (Wildman–Crippen MR) is 106 cm³/mol. The topological polar surface area (TPSA) is 60.7 Å². The fraction of sp³-hybridized carbons (Fsp3) is 0.409. The fourth-order valence-corrected chi connectivity index (χ4v) is 4.02. The van der Waals surface area contributed by atoms with E-state index >= 15 is 0 Å². The van der Waals surface area contributed by atoms with E-state index in [0.29, 0.717) is 34.0 Å². The molecule has 29 heavy (non-hydrogen) atoms. The summed E-state index contributed by atoms with van der Waals surface area (Å²) in [5.41, 5.74) is 3.26. The van der Waals surface area contributed by atoms with Crippen molar-refractivity contribution in [1.82, 2.24) is 0 Å². The summed E-state index contributed by atoms with van der Waals surface area (Å²) in [7, 11) is 8.63. The molecule has 0 fully saturated rings. The van der Waals surface area contributed by atoms with E-state index in [0.717, 1.165) is 29.7 Å². The van der Waals surface area contributed by atoms with Crippen LogP contribution in [0.2, 0.25) is 0 Å². The van der Waals surface area contributed by atoms with Gasteiger partial charge in [-0.3, -0.25) is 0 Å². The van der Waals surface area contributed by atoms with Crippen molar-refractivity contribution in [3.8, 4) is 29.1 Å². The highest BCUT2D eigenvalue weighted by Crippen LogP contribution is 2.42. The number of ether oxygens (including phenoxy) is 4. The van der Waals surface area contributed by atoms with Gasteiger partial charge in [-0.2, -0.15) is 5.26 Å². The van der Waals surface area contributed by atoms with Gasteiger partial charge in [0, 0.05) is 17.5 Å². The minimum atomic E-state index is -0.295. The average Bonchev–Trinajstić information content (AvgIpc) is 2.72. The van der Waals surface area contributed by atoms with Gasteiger partial charge >= 0.3 is 0 Å². The van der Waals surface area contributed by atoms with Crippen molar-refractivity contribution in [2.45, 2.75) is 19.0 Å². The maximum absolute atomic E-state index is 10.0. The van der Waals surface area contributed by atoms with Gasteiger partial charge < -0.3 is 40.4 Å². The standard InChI is InChI=1S/C22H27N2O4.BrH/c1-24(14-15-6-7-19(25-2)20(10-15)26-3)9-8-16-11-21(27-4)22(28-5)12-17(16)18(24)13-23;/h6-7,10-12,18H,8-9,14H2,1-5H3;1H/q+1;/p-1. The van der Waals surface area contributed by atoms with Gasteiger partial charge in [0.1, 0.15) is 12.6 Å². The Labute approximate surface area is 182 Å². The second-order valence-corrected chi connectivity index (χ2v) is 7.24. The van der Waals surface area contributed by atoms with E-state index in [4.69, 9.17) is 18.9 Å². The van der Waals surface area contributed by atoms with Crippen LogP contribution in [0.25, 0.3) is 0 Å². The Hall–Kier alpha value is -2.43. The Morgan fingerprint density at radius 1 is 0.931 bits per heavy atom. The van der Waals surface area contributed by atoms with Crippen LogP contribution in [-0.2, 0) is 13.0 Å². The molecule has 156 valence electrons. The molecule has 1 aliphatic rings. The number of likely N-dealkylation sites (N-methyl/N-ethyl adjacent to an activating group) is 1. The molecule has 0 amide bonds. The number of hydrogen-bond acceptors (Lipinski definition) is 5. The largest absolute Gasteiger partial charge is 1.00 e. The molecule has 2 atom stereocenters. The van der Waals surface area contributed by atoms with Crippen LogP contribution < -0.4 is 35.9 Å². The molecule has 7 heteroatoms. The van der Waals surface area contributed by atoms with E-state index in [1.807, 2.05) is 30.3 Å². The highest BCUT2D eigenvalue weighted by Gasteiger charge is 2.40. The molecule has 0 spiro atoms. The zero-order chi connectivity index (χ0) is 20.3. The van der Waals surface area contributed by atoms with Crippen LogP contribution in [0.4, 0.5) is 0 Å². The van der Waals surface area contributed by atoms with Crippen molar-refractivity contribution >= 4 is 0 Å². The number of halogens is 1. The smallest absolute Gasteiger partial charge is 0.202 e. The van der Waals surface area contributed by atoms with E-state index in [9.17, 15) is 5.26 Å². The first-order chi connectivity index (χ1) is 13.5. The molecule has 2 aromatic rings. The van der Waals surface area contributed by atoms with Crippen LogP contribution in [-0.4, -0.2) is 46.5 Å². The summed E-state index contributed by atoms with van der Waals surface area (Å²) in [4.78, 5) is 0. The van der Waals surface area contributed by atoms with Crippen LogP contribution in [0.5, 0.6) is 23.0 Å². The molecule has 0 saturated heterocycles. The number of rotatable bonds is 6. The number of hydrogen-bond donors (Lipinski definition) is 0. The number of fused-ring (bicyclic) bond motifs is 1. The van der Waals surface area contributed by atoms with E-state index in [2.05, 4.69) is 13.1 Å². The summed E-state index contributed by atoms with van der Waals surface area (Å²) in [5, 5.41) is 10.0. The van der Waals surface area contributed by atoms with E-state index in [-0.39, 0.29) is 23.0 Å². The molecule has 0 N–H and O–H groups in total. The van der Waals surface area contributed by atoms with Gasteiger partial charge in [-0.25, -0.2) is 0 Å². The first kappa shape index (κ1) is 22.9. The van der Waals surface area contributed by atoms with Gasteiger partial charge in [0.05, 0.1) is 42.0 Å². The summed E-state index contributed by atoms with van der Waals surface area (Å²) in [6.45, 7) is 1.57. The fourth-order valence-electron chi connectivity index (χ4n) is 4.02. The molecule has 6 nitrogen and oxygen atoms in total. The third-order valence-electron chi connectivity index (χ3n) is 5.57. The van der Waals surface area contributed by atoms with Gasteiger partial charge in [0.25, 0.3) is 0 Å². The highest BCUT2D eigenvalue weighted by molar-refractivity contribution is 5.50. The molecule has 2 aromatic carbocycles. The molecular weight excluding hydrogens is 436 g/mol. The number of quaternary nitrogens is 1. The summed E-state index contributed by atoms with van der Waals surface area (Å²) in [6.07, 6.45) is 0.873. The number of methoxy groups -OCH3 is 4. The molecule has 0 radical (unpaired) electrons. The maximum Gasteiger partial charge on any atom is 0.202 e. The Morgan fingerprint density at radius 2 is 1.52 bits per heavy atom. The SMILES string of the molecule is COc1ccc(C[N+]2(C)CCc3cc(OC)c(OC)cc3C2C#N)cc1OC.[Br-]. The molecule has 0 aliphatic carbocycles. The normalized spacial score (nSPS) is 19.9. The monoisotopic (exact) mass is 462 g/mol. The maximum atomic E-state index is 10.0. The molecule has 0 aromatic heterocycles. The van der Waals surface area contributed by atoms with Crippen LogP contribution in [0.3, 0.4) is 0 Å². The van der Waals surface area contributed by atoms with Crippen LogP contribution in [0.1, 0.15) is 22.7 Å². The number of nitrogens with zero attached hydrogens (tertiary/aromatic N) is 2. The molecule has 0 bridgehead atoms. The van der Waals surface area contributed by atoms with Crippen LogP contribution in [0.15, 0.2) is 30.3 Å². The first-order valence-electron chi connectivity index (χ1n) is 9.19. The number of benzene rings is 2. The van der Waals surface area contributed by atoms with Crippen molar-refractivity contribution in [3.05, 3.63) is 47.0 Å². The molecule has 2 unspecified atom stereocenters. The third kappa shape index (κ3) is 4.29. The zero-order valence-corrected chi connectivity index (χ0v) is 19.1. The summed E-state index contributed by atoms with van der Waals surface area (Å²) < 4.78 is 22.3. The lowest BCUT2D eigenvalue weighted by molar-refractivity contribution is -0.946. The van der Waals surface area contributed by atoms with Crippen molar-refractivity contribution < 1.29 is 40.4 Å². The summed E-state index contributed by atoms with van der Waals surface area (Å²) >= 11 is 0. The lowest BCUT2D eigenvalue weighted by Crippen LogP contribution is -3.00. The van der Waals surface area contributed by atoms with Crippen LogP contribution >= 0.6 is 0 Å². The minimum Gasteiger partial charge on any atom is -1.00 e. The van der Waals surface area contributed by atoms with E-state index in [1.165, 1.54) is 0 Å². The quantitative estimate of drug-likeness (QED) is 0.584. The molecule has 3 rings (SSSR count). The lowest BCUT2D eigenvalue weighted by Gasteiger charge is -2.42. The van der Waals surface area contributed by atoms with Gasteiger partial charge in [0.2, 0.25) is 6.04 Å². The second-order valence-electron chi connectivity index (χ2n) is 7.24. The number of nitriles is 1. The Kier molecular flexibility index (Phi) is 7.39. The molecular formula is C22H27BrN2O4. The van der Waals surface area contributed by atoms with Gasteiger partial charge in [0.15, 0.2) is 23.0 Å². The lowest BCUT2D eigenvalue weighted by atomic mass is 9.90. The molecule has 1 heterocycles. The van der Waals surface area contributed by atoms with Crippen molar-refractivity contribution in [2.75, 3.05) is 42.0 Å². The van der Waals surface area contributed by atoms with Gasteiger partial charge in [-0.05, 0) is 35.9 Å². The van der Waals surface area contributed by atoms with E-state index in [1.54, 1.807) is 28.4 Å².